The summed E-state index contributed by atoms with van der Waals surface area (Å²) in [6.45, 7) is 1.91. The number of ether oxygens (including phenoxy) is 1. The van der Waals surface area contributed by atoms with Crippen molar-refractivity contribution in [2.24, 2.45) is 5.73 Å². The molecule has 0 spiro atoms. The van der Waals surface area contributed by atoms with E-state index in [4.69, 9.17) is 22.1 Å². The van der Waals surface area contributed by atoms with Crippen LogP contribution in [-0.2, 0) is 4.79 Å². The first-order chi connectivity index (χ1) is 8.52. The second-order valence-corrected chi connectivity index (χ2v) is 5.33. The van der Waals surface area contributed by atoms with Gasteiger partial charge in [0, 0.05) is 17.5 Å². The van der Waals surface area contributed by atoms with Gasteiger partial charge in [0.15, 0.2) is 0 Å². The molecule has 1 unspecified atom stereocenters. The number of carbonyl (C=O) groups excluding carboxylic acids is 1. The smallest absolute Gasteiger partial charge is 0.234 e. The van der Waals surface area contributed by atoms with Crippen molar-refractivity contribution in [2.45, 2.75) is 13.0 Å². The van der Waals surface area contributed by atoms with Crippen LogP contribution in [0.15, 0.2) is 18.2 Å². The molecule has 0 radical (unpaired) electrons. The maximum atomic E-state index is 11.6. The van der Waals surface area contributed by atoms with Gasteiger partial charge in [-0.3, -0.25) is 4.79 Å². The molecule has 1 rings (SSSR count). The third-order valence-corrected chi connectivity index (χ3v) is 3.57. The summed E-state index contributed by atoms with van der Waals surface area (Å²) in [6, 6.07) is 5.22. The zero-order chi connectivity index (χ0) is 13.5. The van der Waals surface area contributed by atoms with Crippen LogP contribution in [-0.4, -0.2) is 30.6 Å². The van der Waals surface area contributed by atoms with E-state index in [9.17, 15) is 4.79 Å². The van der Waals surface area contributed by atoms with Crippen molar-refractivity contribution in [3.8, 4) is 5.75 Å². The molecule has 1 aromatic carbocycles. The third-order valence-electron chi connectivity index (χ3n) is 2.05. The van der Waals surface area contributed by atoms with Crippen molar-refractivity contribution in [3.63, 3.8) is 0 Å². The van der Waals surface area contributed by atoms with Crippen LogP contribution in [0.4, 0.5) is 5.69 Å². The summed E-state index contributed by atoms with van der Waals surface area (Å²) in [5.74, 6) is 1.66. The van der Waals surface area contributed by atoms with E-state index in [-0.39, 0.29) is 11.9 Å². The highest BCUT2D eigenvalue weighted by Crippen LogP contribution is 2.27. The number of hydrogen-bond acceptors (Lipinski definition) is 4. The van der Waals surface area contributed by atoms with Gasteiger partial charge in [0.2, 0.25) is 5.91 Å². The molecule has 0 heterocycles. The average molecular weight is 289 g/mol. The van der Waals surface area contributed by atoms with Gasteiger partial charge in [-0.2, -0.15) is 11.8 Å². The lowest BCUT2D eigenvalue weighted by molar-refractivity contribution is -0.113. The van der Waals surface area contributed by atoms with E-state index < -0.39 is 0 Å². The van der Waals surface area contributed by atoms with E-state index >= 15 is 0 Å². The van der Waals surface area contributed by atoms with Crippen LogP contribution in [0.5, 0.6) is 5.75 Å². The summed E-state index contributed by atoms with van der Waals surface area (Å²) in [7, 11) is 1.55. The first-order valence-electron chi connectivity index (χ1n) is 5.49. The summed E-state index contributed by atoms with van der Waals surface area (Å²) in [6.07, 6.45) is 0. The number of methoxy groups -OCH3 is 1. The predicted molar refractivity (Wildman–Crippen MR) is 77.6 cm³/mol. The molecule has 4 nitrogen and oxygen atoms in total. The minimum Gasteiger partial charge on any atom is -0.495 e. The van der Waals surface area contributed by atoms with Crippen LogP contribution >= 0.6 is 23.4 Å². The van der Waals surface area contributed by atoms with Gasteiger partial charge in [-0.25, -0.2) is 0 Å². The van der Waals surface area contributed by atoms with Crippen molar-refractivity contribution < 1.29 is 9.53 Å². The molecule has 0 saturated heterocycles. The second kappa shape index (κ2) is 7.51. The second-order valence-electron chi connectivity index (χ2n) is 3.89. The van der Waals surface area contributed by atoms with E-state index in [0.29, 0.717) is 22.2 Å². The Kier molecular flexibility index (Phi) is 6.32. The fraction of sp³-hybridized carbons (Fsp3) is 0.417. The third kappa shape index (κ3) is 5.16. The number of carbonyl (C=O) groups is 1. The van der Waals surface area contributed by atoms with Crippen molar-refractivity contribution in [2.75, 3.05) is 23.9 Å². The molecule has 0 bridgehead atoms. The quantitative estimate of drug-likeness (QED) is 0.843. The molecule has 6 heteroatoms. The Balaban J connectivity index is 2.47. The van der Waals surface area contributed by atoms with Crippen LogP contribution in [0.3, 0.4) is 0 Å². The van der Waals surface area contributed by atoms with E-state index in [0.717, 1.165) is 5.75 Å². The molecule has 0 saturated carbocycles. The highest BCUT2D eigenvalue weighted by atomic mass is 35.5. The largest absolute Gasteiger partial charge is 0.495 e. The van der Waals surface area contributed by atoms with Crippen molar-refractivity contribution in [1.82, 2.24) is 0 Å². The number of halogens is 1. The summed E-state index contributed by atoms with van der Waals surface area (Å²) >= 11 is 7.47. The zero-order valence-corrected chi connectivity index (χ0v) is 12.0. The van der Waals surface area contributed by atoms with Crippen molar-refractivity contribution >= 4 is 35.0 Å². The minimum atomic E-state index is -0.0677. The fourth-order valence-electron chi connectivity index (χ4n) is 1.28. The summed E-state index contributed by atoms with van der Waals surface area (Å²) in [4.78, 5) is 11.6. The van der Waals surface area contributed by atoms with Gasteiger partial charge in [0.05, 0.1) is 17.9 Å². The maximum Gasteiger partial charge on any atom is 0.234 e. The summed E-state index contributed by atoms with van der Waals surface area (Å²) < 4.78 is 5.03. The molecule has 0 aromatic heterocycles. The van der Waals surface area contributed by atoms with E-state index in [1.165, 1.54) is 11.8 Å². The molecule has 1 amide bonds. The molecule has 100 valence electrons. The summed E-state index contributed by atoms with van der Waals surface area (Å²) in [5, 5.41) is 3.24. The Morgan fingerprint density at radius 2 is 2.33 bits per heavy atom. The molecule has 0 aliphatic heterocycles. The van der Waals surface area contributed by atoms with Gasteiger partial charge < -0.3 is 15.8 Å². The molecule has 18 heavy (non-hydrogen) atoms. The monoisotopic (exact) mass is 288 g/mol. The normalized spacial score (nSPS) is 12.0. The number of nitrogens with two attached hydrogens (primary N) is 1. The first-order valence-corrected chi connectivity index (χ1v) is 7.03. The lowest BCUT2D eigenvalue weighted by Crippen LogP contribution is -2.20. The number of nitrogens with one attached hydrogen (secondary N) is 1. The Hall–Kier alpha value is -0.910. The van der Waals surface area contributed by atoms with E-state index in [2.05, 4.69) is 5.32 Å². The highest BCUT2D eigenvalue weighted by molar-refractivity contribution is 8.00. The molecular weight excluding hydrogens is 272 g/mol. The van der Waals surface area contributed by atoms with Gasteiger partial charge in [0.25, 0.3) is 0 Å². The van der Waals surface area contributed by atoms with Crippen molar-refractivity contribution in [3.05, 3.63) is 23.2 Å². The van der Waals surface area contributed by atoms with Crippen LogP contribution < -0.4 is 15.8 Å². The standard InChI is InChI=1S/C12H17ClN2O2S/c1-8(14)6-18-7-12(16)15-9-3-4-11(17-2)10(13)5-9/h3-5,8H,6-7,14H2,1-2H3,(H,15,16). The number of benzene rings is 1. The molecule has 0 fully saturated rings. The van der Waals surface area contributed by atoms with Crippen LogP contribution in [0.2, 0.25) is 5.02 Å². The lowest BCUT2D eigenvalue weighted by atomic mass is 10.3. The SMILES string of the molecule is COc1ccc(NC(=O)CSCC(C)N)cc1Cl. The number of thioether (sulfide) groups is 1. The Morgan fingerprint density at radius 3 is 2.89 bits per heavy atom. The number of amides is 1. The Bertz CT molecular complexity index is 413. The Morgan fingerprint density at radius 1 is 1.61 bits per heavy atom. The summed E-state index contributed by atoms with van der Waals surface area (Å²) in [5.41, 5.74) is 6.26. The number of rotatable bonds is 6. The van der Waals surface area contributed by atoms with Crippen LogP contribution in [0, 0.1) is 0 Å². The van der Waals surface area contributed by atoms with Gasteiger partial charge in [-0.15, -0.1) is 0 Å². The maximum absolute atomic E-state index is 11.6. The highest BCUT2D eigenvalue weighted by Gasteiger charge is 2.06. The topological polar surface area (TPSA) is 64.3 Å². The molecule has 1 atom stereocenters. The molecule has 1 aromatic rings. The molecule has 0 aliphatic carbocycles. The molecule has 0 aliphatic rings. The van der Waals surface area contributed by atoms with Crippen molar-refractivity contribution in [1.29, 1.82) is 0 Å². The minimum absolute atomic E-state index is 0.0677. The van der Waals surface area contributed by atoms with E-state index in [1.54, 1.807) is 25.3 Å². The first kappa shape index (κ1) is 15.1. The number of anilines is 1. The van der Waals surface area contributed by atoms with Gasteiger partial charge >= 0.3 is 0 Å². The van der Waals surface area contributed by atoms with Crippen LogP contribution in [0.1, 0.15) is 6.92 Å². The fourth-order valence-corrected chi connectivity index (χ4v) is 2.28. The molecular formula is C12H17ClN2O2S. The predicted octanol–water partition coefficient (Wildman–Crippen LogP) is 2.37. The van der Waals surface area contributed by atoms with Gasteiger partial charge in [-0.1, -0.05) is 11.6 Å². The van der Waals surface area contributed by atoms with Crippen LogP contribution in [0.25, 0.3) is 0 Å². The van der Waals surface area contributed by atoms with E-state index in [1.807, 2.05) is 6.92 Å². The number of hydrogen-bond donors (Lipinski definition) is 2. The van der Waals surface area contributed by atoms with Gasteiger partial charge in [0.1, 0.15) is 5.75 Å². The molecule has 3 N–H and O–H groups in total. The average Bonchev–Trinajstić information content (AvgIpc) is 2.28. The Labute approximate surface area is 116 Å². The van der Waals surface area contributed by atoms with Gasteiger partial charge in [-0.05, 0) is 25.1 Å². The zero-order valence-electron chi connectivity index (χ0n) is 10.4. The lowest BCUT2D eigenvalue weighted by Gasteiger charge is -2.08.